The number of hydrogen-bond donors (Lipinski definition) is 0. The summed E-state index contributed by atoms with van der Waals surface area (Å²) in [5.41, 5.74) is 1.41. The molecule has 0 N–H and O–H groups in total. The Morgan fingerprint density at radius 3 is 2.52 bits per heavy atom. The van der Waals surface area contributed by atoms with Gasteiger partial charge in [0.25, 0.3) is 5.56 Å². The van der Waals surface area contributed by atoms with Gasteiger partial charge in [-0.05, 0) is 56.0 Å². The zero-order valence-electron chi connectivity index (χ0n) is 23.0. The molecule has 212 valence electrons. The van der Waals surface area contributed by atoms with Gasteiger partial charge in [-0.1, -0.05) is 25.1 Å². The molecule has 0 bridgehead atoms. The van der Waals surface area contributed by atoms with Crippen LogP contribution in [0.4, 0.5) is 0 Å². The zero-order chi connectivity index (χ0) is 28.2. The number of esters is 1. The molecule has 1 fully saturated rings. The summed E-state index contributed by atoms with van der Waals surface area (Å²) in [6.45, 7) is 5.45. The lowest BCUT2D eigenvalue weighted by Gasteiger charge is -2.30. The summed E-state index contributed by atoms with van der Waals surface area (Å²) in [6.07, 6.45) is 1.00. The molecule has 2 atom stereocenters. The first-order chi connectivity index (χ1) is 19.4. The Labute approximate surface area is 237 Å². The number of thioether (sulfide) groups is 1. The van der Waals surface area contributed by atoms with Gasteiger partial charge in [-0.15, -0.1) is 11.8 Å². The Morgan fingerprint density at radius 1 is 1.10 bits per heavy atom. The van der Waals surface area contributed by atoms with Crippen LogP contribution < -0.4 is 16.0 Å². The fourth-order valence-electron chi connectivity index (χ4n) is 5.22. The molecule has 0 spiro atoms. The molecular weight excluding hydrogens is 532 g/mol. The van der Waals surface area contributed by atoms with Crippen LogP contribution in [0.2, 0.25) is 0 Å². The van der Waals surface area contributed by atoms with Crippen molar-refractivity contribution in [3.05, 3.63) is 86.1 Å². The second-order valence-electron chi connectivity index (χ2n) is 9.91. The van der Waals surface area contributed by atoms with Crippen LogP contribution in [0, 0.1) is 0 Å². The predicted octanol–water partition coefficient (Wildman–Crippen LogP) is 4.33. The SMILES string of the molecule is CCOC(=O)c1ccc(-n2c(=O)c3c(n(CC(OC4CCOCC4)c4ccccc4OC)c2=O)SCC3C)cc1. The Hall–Kier alpha value is -3.34. The van der Waals surface area contributed by atoms with Crippen LogP contribution in [0.15, 0.2) is 63.1 Å². The number of fused-ring (bicyclic) bond motifs is 1. The number of para-hydroxylation sites is 1. The standard InChI is InChI=1S/C30H34N2O7S/c1-4-38-29(34)20-9-11-21(12-10-20)32-27(33)26-19(2)18-40-28(26)31(30(32)35)17-25(39-22-13-15-37-16-14-22)23-7-5-6-8-24(23)36-3/h5-12,19,22,25H,4,13-18H2,1-3H3. The topological polar surface area (TPSA) is 98.0 Å². The molecule has 2 aliphatic heterocycles. The summed E-state index contributed by atoms with van der Waals surface area (Å²) in [4.78, 5) is 40.0. The quantitative estimate of drug-likeness (QED) is 0.279. The molecule has 40 heavy (non-hydrogen) atoms. The molecule has 10 heteroatoms. The Bertz CT molecular complexity index is 1470. The van der Waals surface area contributed by atoms with E-state index in [0.29, 0.717) is 46.6 Å². The Kier molecular flexibility index (Phi) is 8.78. The van der Waals surface area contributed by atoms with Crippen molar-refractivity contribution in [1.29, 1.82) is 0 Å². The third-order valence-electron chi connectivity index (χ3n) is 7.29. The molecule has 3 heterocycles. The van der Waals surface area contributed by atoms with Crippen LogP contribution in [0.1, 0.15) is 60.2 Å². The maximum absolute atomic E-state index is 14.1. The first-order valence-electron chi connectivity index (χ1n) is 13.6. The van der Waals surface area contributed by atoms with E-state index in [0.717, 1.165) is 18.4 Å². The number of rotatable bonds is 9. The highest BCUT2D eigenvalue weighted by Crippen LogP contribution is 2.38. The van der Waals surface area contributed by atoms with E-state index in [9.17, 15) is 14.4 Å². The fourth-order valence-corrected chi connectivity index (χ4v) is 6.55. The number of ether oxygens (including phenoxy) is 4. The van der Waals surface area contributed by atoms with Gasteiger partial charge in [0, 0.05) is 24.5 Å². The molecule has 0 amide bonds. The molecule has 9 nitrogen and oxygen atoms in total. The average molecular weight is 567 g/mol. The summed E-state index contributed by atoms with van der Waals surface area (Å²) in [6, 6.07) is 14.0. The van der Waals surface area contributed by atoms with Crippen molar-refractivity contribution in [3.63, 3.8) is 0 Å². The minimum Gasteiger partial charge on any atom is -0.496 e. The molecule has 1 aromatic heterocycles. The molecule has 0 radical (unpaired) electrons. The van der Waals surface area contributed by atoms with Crippen molar-refractivity contribution in [3.8, 4) is 11.4 Å². The number of benzene rings is 2. The maximum atomic E-state index is 14.1. The second kappa shape index (κ2) is 12.4. The van der Waals surface area contributed by atoms with E-state index >= 15 is 0 Å². The summed E-state index contributed by atoms with van der Waals surface area (Å²) >= 11 is 1.52. The molecule has 5 rings (SSSR count). The van der Waals surface area contributed by atoms with Crippen molar-refractivity contribution >= 4 is 17.7 Å². The molecule has 0 saturated carbocycles. The van der Waals surface area contributed by atoms with Crippen LogP contribution in [0.5, 0.6) is 5.75 Å². The third kappa shape index (κ3) is 5.61. The minimum absolute atomic E-state index is 0.0227. The van der Waals surface area contributed by atoms with Crippen molar-refractivity contribution in [1.82, 2.24) is 9.13 Å². The van der Waals surface area contributed by atoms with Gasteiger partial charge in [0.05, 0.1) is 48.2 Å². The van der Waals surface area contributed by atoms with Crippen LogP contribution >= 0.6 is 11.8 Å². The first-order valence-corrected chi connectivity index (χ1v) is 14.6. The van der Waals surface area contributed by atoms with E-state index in [4.69, 9.17) is 18.9 Å². The second-order valence-corrected chi connectivity index (χ2v) is 10.9. The largest absolute Gasteiger partial charge is 0.496 e. The third-order valence-corrected chi connectivity index (χ3v) is 8.67. The van der Waals surface area contributed by atoms with Crippen molar-refractivity contribution in [2.75, 3.05) is 32.7 Å². The van der Waals surface area contributed by atoms with E-state index in [1.165, 1.54) is 16.3 Å². The first kappa shape index (κ1) is 28.2. The van der Waals surface area contributed by atoms with Gasteiger partial charge in [0.15, 0.2) is 0 Å². The Balaban J connectivity index is 1.60. The van der Waals surface area contributed by atoms with Crippen molar-refractivity contribution < 1.29 is 23.7 Å². The lowest BCUT2D eigenvalue weighted by Crippen LogP contribution is -2.42. The minimum atomic E-state index is -0.491. The molecule has 1 saturated heterocycles. The lowest BCUT2D eigenvalue weighted by atomic mass is 10.1. The van der Waals surface area contributed by atoms with E-state index in [2.05, 4.69) is 0 Å². The summed E-state index contributed by atoms with van der Waals surface area (Å²) in [5.74, 6) is 0.900. The number of carbonyl (C=O) groups is 1. The maximum Gasteiger partial charge on any atom is 0.338 e. The smallest absolute Gasteiger partial charge is 0.338 e. The summed E-state index contributed by atoms with van der Waals surface area (Å²) in [7, 11) is 1.62. The van der Waals surface area contributed by atoms with Crippen LogP contribution in [-0.2, 0) is 20.8 Å². The monoisotopic (exact) mass is 566 g/mol. The molecular formula is C30H34N2O7S. The number of carbonyl (C=O) groups excluding carboxylic acids is 1. The van der Waals surface area contributed by atoms with E-state index in [1.54, 1.807) is 42.9 Å². The van der Waals surface area contributed by atoms with E-state index < -0.39 is 17.8 Å². The lowest BCUT2D eigenvalue weighted by molar-refractivity contribution is -0.0763. The molecule has 0 aliphatic carbocycles. The number of hydrogen-bond acceptors (Lipinski definition) is 8. The Morgan fingerprint density at radius 2 is 1.82 bits per heavy atom. The highest BCUT2D eigenvalue weighted by molar-refractivity contribution is 7.99. The van der Waals surface area contributed by atoms with Crippen molar-refractivity contribution in [2.45, 2.75) is 56.4 Å². The molecule has 2 unspecified atom stereocenters. The number of aromatic nitrogens is 2. The molecule has 3 aromatic rings. The van der Waals surface area contributed by atoms with Crippen molar-refractivity contribution in [2.24, 2.45) is 0 Å². The highest BCUT2D eigenvalue weighted by atomic mass is 32.2. The van der Waals surface area contributed by atoms with Gasteiger partial charge < -0.3 is 18.9 Å². The summed E-state index contributed by atoms with van der Waals surface area (Å²) < 4.78 is 25.8. The van der Waals surface area contributed by atoms with Gasteiger partial charge in [-0.25, -0.2) is 14.2 Å². The average Bonchev–Trinajstić information content (AvgIpc) is 3.37. The number of nitrogens with zero attached hydrogens (tertiary/aromatic N) is 2. The number of methoxy groups -OCH3 is 1. The van der Waals surface area contributed by atoms with Gasteiger partial charge in [0.1, 0.15) is 11.9 Å². The van der Waals surface area contributed by atoms with Gasteiger partial charge in [0.2, 0.25) is 0 Å². The van der Waals surface area contributed by atoms with Crippen LogP contribution in [0.25, 0.3) is 5.69 Å². The molecule has 2 aromatic carbocycles. The molecule has 2 aliphatic rings. The van der Waals surface area contributed by atoms with Gasteiger partial charge in [-0.3, -0.25) is 9.36 Å². The van der Waals surface area contributed by atoms with Gasteiger partial charge in [-0.2, -0.15) is 0 Å². The fraction of sp³-hybridized carbons (Fsp3) is 0.433. The summed E-state index contributed by atoms with van der Waals surface area (Å²) in [5, 5.41) is 0.678. The van der Waals surface area contributed by atoms with Crippen LogP contribution in [0.3, 0.4) is 0 Å². The van der Waals surface area contributed by atoms with Gasteiger partial charge >= 0.3 is 11.7 Å². The normalized spacial score (nSPS) is 17.8. The van der Waals surface area contributed by atoms with E-state index in [-0.39, 0.29) is 30.7 Å². The highest BCUT2D eigenvalue weighted by Gasteiger charge is 2.32. The zero-order valence-corrected chi connectivity index (χ0v) is 23.8. The van der Waals surface area contributed by atoms with Crippen LogP contribution in [-0.4, -0.2) is 53.9 Å². The van der Waals surface area contributed by atoms with E-state index in [1.807, 2.05) is 31.2 Å². The predicted molar refractivity (Wildman–Crippen MR) is 152 cm³/mol.